The summed E-state index contributed by atoms with van der Waals surface area (Å²) < 4.78 is 5.25. The van der Waals surface area contributed by atoms with Crippen LogP contribution in [0.25, 0.3) is 22.2 Å². The minimum atomic E-state index is -0.736. The van der Waals surface area contributed by atoms with Crippen molar-refractivity contribution in [3.8, 4) is 11.3 Å². The molecule has 4 rings (SSSR count). The zero-order chi connectivity index (χ0) is 25.1. The molecule has 8 nitrogen and oxygen atoms in total. The summed E-state index contributed by atoms with van der Waals surface area (Å²) in [6, 6.07) is 17.8. The van der Waals surface area contributed by atoms with Crippen molar-refractivity contribution in [2.24, 2.45) is 0 Å². The Bertz CT molecular complexity index is 1490. The first-order valence-corrected chi connectivity index (χ1v) is 11.1. The maximum absolute atomic E-state index is 13.0. The van der Waals surface area contributed by atoms with Gasteiger partial charge >= 0.3 is 5.97 Å². The Morgan fingerprint density at radius 1 is 1.06 bits per heavy atom. The molecular weight excluding hydrogens is 493 g/mol. The fraction of sp³-hybridized carbons (Fsp3) is 0.0800. The van der Waals surface area contributed by atoms with Crippen LogP contribution in [0.3, 0.4) is 0 Å². The van der Waals surface area contributed by atoms with Crippen molar-refractivity contribution in [3.05, 3.63) is 98.0 Å². The van der Waals surface area contributed by atoms with Crippen LogP contribution in [0.1, 0.15) is 15.9 Å². The molecule has 0 radical (unpaired) electrons. The van der Waals surface area contributed by atoms with Gasteiger partial charge in [0.1, 0.15) is 0 Å². The lowest BCUT2D eigenvalue weighted by Gasteiger charge is -2.11. The number of aromatic nitrogens is 1. The van der Waals surface area contributed by atoms with Crippen LogP contribution in [-0.2, 0) is 9.53 Å². The van der Waals surface area contributed by atoms with Crippen molar-refractivity contribution in [3.63, 3.8) is 0 Å². The van der Waals surface area contributed by atoms with E-state index in [0.717, 1.165) is 0 Å². The van der Waals surface area contributed by atoms with E-state index in [4.69, 9.17) is 27.9 Å². The topological polar surface area (TPSA) is 111 Å². The molecule has 0 fully saturated rings. The number of hydrogen-bond donors (Lipinski definition) is 1. The molecule has 1 N–H and O–H groups in total. The highest BCUT2D eigenvalue weighted by Crippen LogP contribution is 2.32. The van der Waals surface area contributed by atoms with Crippen molar-refractivity contribution in [2.75, 3.05) is 11.9 Å². The first kappa shape index (κ1) is 24.1. The smallest absolute Gasteiger partial charge is 0.339 e. The summed E-state index contributed by atoms with van der Waals surface area (Å²) in [5.74, 6) is -1.38. The fourth-order valence-electron chi connectivity index (χ4n) is 3.47. The van der Waals surface area contributed by atoms with E-state index in [1.165, 1.54) is 18.2 Å². The predicted molar refractivity (Wildman–Crippen MR) is 134 cm³/mol. The molecule has 3 aromatic carbocycles. The third kappa shape index (κ3) is 5.40. The predicted octanol–water partition coefficient (Wildman–Crippen LogP) is 6.22. The van der Waals surface area contributed by atoms with Gasteiger partial charge in [-0.25, -0.2) is 9.78 Å². The van der Waals surface area contributed by atoms with Crippen LogP contribution in [0.5, 0.6) is 0 Å². The summed E-state index contributed by atoms with van der Waals surface area (Å²) in [4.78, 5) is 40.5. The summed E-state index contributed by atoms with van der Waals surface area (Å²) in [6.45, 7) is 1.00. The number of carbonyl (C=O) groups is 2. The Morgan fingerprint density at radius 3 is 2.57 bits per heavy atom. The maximum Gasteiger partial charge on any atom is 0.339 e. The molecule has 0 aliphatic carbocycles. The van der Waals surface area contributed by atoms with Crippen molar-refractivity contribution >= 4 is 57.4 Å². The van der Waals surface area contributed by atoms with E-state index in [0.29, 0.717) is 37.8 Å². The van der Waals surface area contributed by atoms with Gasteiger partial charge in [-0.05, 0) is 43.3 Å². The van der Waals surface area contributed by atoms with Crippen molar-refractivity contribution in [1.29, 1.82) is 0 Å². The summed E-state index contributed by atoms with van der Waals surface area (Å²) in [6.07, 6.45) is 0. The highest BCUT2D eigenvalue weighted by atomic mass is 35.5. The molecule has 0 aliphatic rings. The van der Waals surface area contributed by atoms with Crippen LogP contribution in [-0.4, -0.2) is 28.4 Å². The second-order valence-electron chi connectivity index (χ2n) is 7.58. The van der Waals surface area contributed by atoms with Crippen LogP contribution in [0.15, 0.2) is 66.7 Å². The minimum absolute atomic E-state index is 0.128. The van der Waals surface area contributed by atoms with E-state index < -0.39 is 23.4 Å². The van der Waals surface area contributed by atoms with E-state index in [2.05, 4.69) is 10.3 Å². The summed E-state index contributed by atoms with van der Waals surface area (Å²) in [5.41, 5.74) is 2.31. The van der Waals surface area contributed by atoms with Crippen LogP contribution in [0, 0.1) is 17.0 Å². The van der Waals surface area contributed by atoms with Crippen LogP contribution >= 0.6 is 23.2 Å². The third-order valence-electron chi connectivity index (χ3n) is 5.17. The standard InChI is InChI=1S/C25H17Cl2N3O5/c1-14-6-8-16(11-23(14)30(33)34)28-24(31)13-35-25(32)19-12-22(18-9-7-15(26)10-20(18)27)29-21-5-3-2-4-17(19)21/h2-12H,13H2,1H3,(H,28,31). The molecule has 1 aromatic heterocycles. The minimum Gasteiger partial charge on any atom is -0.452 e. The van der Waals surface area contributed by atoms with Crippen LogP contribution < -0.4 is 5.32 Å². The SMILES string of the molecule is Cc1ccc(NC(=O)COC(=O)c2cc(-c3ccc(Cl)cc3Cl)nc3ccccc23)cc1[N+](=O)[O-]. The molecule has 10 heteroatoms. The second kappa shape index (κ2) is 10.1. The molecule has 176 valence electrons. The number of ether oxygens (including phenoxy) is 1. The van der Waals surface area contributed by atoms with E-state index in [1.54, 1.807) is 55.5 Å². The average molecular weight is 510 g/mol. The van der Waals surface area contributed by atoms with Gasteiger partial charge in [0.15, 0.2) is 6.61 Å². The van der Waals surface area contributed by atoms with Crippen molar-refractivity contribution in [1.82, 2.24) is 4.98 Å². The Balaban J connectivity index is 1.56. The van der Waals surface area contributed by atoms with Crippen LogP contribution in [0.4, 0.5) is 11.4 Å². The Kier molecular flexibility index (Phi) is 6.95. The number of halogens is 2. The first-order chi connectivity index (χ1) is 16.7. The summed E-state index contributed by atoms with van der Waals surface area (Å²) >= 11 is 12.3. The molecule has 0 saturated heterocycles. The third-order valence-corrected chi connectivity index (χ3v) is 5.71. The second-order valence-corrected chi connectivity index (χ2v) is 8.42. The average Bonchev–Trinajstić information content (AvgIpc) is 2.83. The zero-order valence-electron chi connectivity index (χ0n) is 18.2. The molecule has 1 amide bonds. The van der Waals surface area contributed by atoms with E-state index in [1.807, 2.05) is 0 Å². The number of anilines is 1. The monoisotopic (exact) mass is 509 g/mol. The van der Waals surface area contributed by atoms with Crippen molar-refractivity contribution < 1.29 is 19.2 Å². The van der Waals surface area contributed by atoms with E-state index in [9.17, 15) is 19.7 Å². The summed E-state index contributed by atoms with van der Waals surface area (Å²) in [7, 11) is 0. The number of amides is 1. The van der Waals surface area contributed by atoms with Gasteiger partial charge in [-0.15, -0.1) is 0 Å². The van der Waals surface area contributed by atoms with Gasteiger partial charge in [0.2, 0.25) is 0 Å². The number of hydrogen-bond acceptors (Lipinski definition) is 6. The van der Waals surface area contributed by atoms with Gasteiger partial charge in [0, 0.05) is 33.3 Å². The van der Waals surface area contributed by atoms with Gasteiger partial charge in [0.05, 0.1) is 26.7 Å². The largest absolute Gasteiger partial charge is 0.452 e. The molecule has 0 aliphatic heterocycles. The molecular formula is C25H17Cl2N3O5. The number of esters is 1. The Hall–Kier alpha value is -4.01. The van der Waals surface area contributed by atoms with E-state index in [-0.39, 0.29) is 16.9 Å². The number of aryl methyl sites for hydroxylation is 1. The van der Waals surface area contributed by atoms with E-state index >= 15 is 0 Å². The number of carbonyl (C=O) groups excluding carboxylic acids is 2. The zero-order valence-corrected chi connectivity index (χ0v) is 19.8. The number of nitrogens with one attached hydrogen (secondary N) is 1. The number of nitro benzene ring substituents is 1. The quantitative estimate of drug-likeness (QED) is 0.187. The molecule has 0 atom stereocenters. The fourth-order valence-corrected chi connectivity index (χ4v) is 3.97. The number of nitrogens with zero attached hydrogens (tertiary/aromatic N) is 2. The number of nitro groups is 1. The number of rotatable bonds is 6. The Morgan fingerprint density at radius 2 is 1.83 bits per heavy atom. The van der Waals surface area contributed by atoms with Gasteiger partial charge in [0.25, 0.3) is 11.6 Å². The molecule has 0 unspecified atom stereocenters. The van der Waals surface area contributed by atoms with Crippen molar-refractivity contribution in [2.45, 2.75) is 6.92 Å². The molecule has 35 heavy (non-hydrogen) atoms. The van der Waals surface area contributed by atoms with Gasteiger partial charge in [-0.3, -0.25) is 14.9 Å². The molecule has 0 spiro atoms. The van der Waals surface area contributed by atoms with Gasteiger partial charge in [-0.1, -0.05) is 47.5 Å². The highest BCUT2D eigenvalue weighted by molar-refractivity contribution is 6.36. The number of benzene rings is 3. The number of pyridine rings is 1. The molecule has 1 heterocycles. The van der Waals surface area contributed by atoms with Gasteiger partial charge in [-0.2, -0.15) is 0 Å². The van der Waals surface area contributed by atoms with Crippen LogP contribution in [0.2, 0.25) is 10.0 Å². The first-order valence-electron chi connectivity index (χ1n) is 10.3. The lowest BCUT2D eigenvalue weighted by molar-refractivity contribution is -0.385. The highest BCUT2D eigenvalue weighted by Gasteiger charge is 2.18. The lowest BCUT2D eigenvalue weighted by Crippen LogP contribution is -2.21. The molecule has 0 saturated carbocycles. The molecule has 4 aromatic rings. The Labute approximate surface area is 209 Å². The lowest BCUT2D eigenvalue weighted by atomic mass is 10.0. The number of fused-ring (bicyclic) bond motifs is 1. The normalized spacial score (nSPS) is 10.7. The summed E-state index contributed by atoms with van der Waals surface area (Å²) in [5, 5.41) is 15.0. The maximum atomic E-state index is 13.0. The van der Waals surface area contributed by atoms with Gasteiger partial charge < -0.3 is 10.1 Å². The molecule has 0 bridgehead atoms. The number of para-hydroxylation sites is 1.